The van der Waals surface area contributed by atoms with Crippen LogP contribution >= 0.6 is 15.9 Å². The van der Waals surface area contributed by atoms with Crippen LogP contribution in [-0.4, -0.2) is 16.8 Å². The van der Waals surface area contributed by atoms with E-state index in [1.807, 2.05) is 13.0 Å². The number of amides is 1. The Hall–Kier alpha value is -2.05. The Labute approximate surface area is 140 Å². The summed E-state index contributed by atoms with van der Waals surface area (Å²) in [5.41, 5.74) is -0.0116. The van der Waals surface area contributed by atoms with E-state index in [1.54, 1.807) is 6.07 Å². The highest BCUT2D eigenvalue weighted by atomic mass is 79.9. The minimum atomic E-state index is -1.94. The minimum Gasteiger partial charge on any atom is -0.375 e. The second kappa shape index (κ2) is 5.54. The molecule has 0 unspecified atom stereocenters. The van der Waals surface area contributed by atoms with Crippen LogP contribution in [0.2, 0.25) is 0 Å². The van der Waals surface area contributed by atoms with Gasteiger partial charge < -0.3 is 10.4 Å². The van der Waals surface area contributed by atoms with Crippen molar-refractivity contribution in [3.8, 4) is 0 Å². The van der Waals surface area contributed by atoms with Crippen LogP contribution in [0.15, 0.2) is 40.9 Å². The number of halogens is 2. The fourth-order valence-corrected chi connectivity index (χ4v) is 3.35. The molecule has 0 fully saturated rings. The molecule has 0 aromatic heterocycles. The molecule has 0 aliphatic carbocycles. The van der Waals surface area contributed by atoms with Gasteiger partial charge in [-0.15, -0.1) is 0 Å². The van der Waals surface area contributed by atoms with Crippen molar-refractivity contribution in [2.75, 3.05) is 5.32 Å². The first kappa shape index (κ1) is 15.8. The molecule has 0 radical (unpaired) electrons. The third-order valence-corrected chi connectivity index (χ3v) is 4.50. The summed E-state index contributed by atoms with van der Waals surface area (Å²) in [5, 5.41) is 13.4. The van der Waals surface area contributed by atoms with Crippen LogP contribution in [0.4, 0.5) is 10.1 Å². The van der Waals surface area contributed by atoms with Crippen LogP contribution in [0.5, 0.6) is 0 Å². The van der Waals surface area contributed by atoms with Gasteiger partial charge in [0.25, 0.3) is 5.91 Å². The van der Waals surface area contributed by atoms with Crippen molar-refractivity contribution in [1.29, 1.82) is 0 Å². The number of rotatable bonds is 3. The Kier molecular flexibility index (Phi) is 3.82. The van der Waals surface area contributed by atoms with E-state index in [4.69, 9.17) is 0 Å². The van der Waals surface area contributed by atoms with Gasteiger partial charge in [-0.2, -0.15) is 0 Å². The molecular formula is C17H13BrFNO3. The van der Waals surface area contributed by atoms with Crippen LogP contribution in [0.3, 0.4) is 0 Å². The first-order valence-electron chi connectivity index (χ1n) is 6.94. The molecule has 2 N–H and O–H groups in total. The smallest absolute Gasteiger partial charge is 0.261 e. The molecule has 1 aliphatic heterocycles. The first-order chi connectivity index (χ1) is 10.8. The van der Waals surface area contributed by atoms with Gasteiger partial charge in [0.05, 0.1) is 12.1 Å². The van der Waals surface area contributed by atoms with Crippen molar-refractivity contribution in [1.82, 2.24) is 0 Å². The zero-order valence-corrected chi connectivity index (χ0v) is 13.8. The molecular weight excluding hydrogens is 365 g/mol. The molecule has 1 atom stereocenters. The number of aliphatic hydroxyl groups is 1. The number of fused-ring (bicyclic) bond motifs is 1. The van der Waals surface area contributed by atoms with Crippen LogP contribution in [-0.2, 0) is 10.4 Å². The van der Waals surface area contributed by atoms with Gasteiger partial charge in [0, 0.05) is 15.6 Å². The zero-order chi connectivity index (χ0) is 16.8. The maximum absolute atomic E-state index is 12.9. The van der Waals surface area contributed by atoms with Gasteiger partial charge in [-0.25, -0.2) is 4.39 Å². The van der Waals surface area contributed by atoms with Gasteiger partial charge in [-0.3, -0.25) is 9.59 Å². The second-order valence-corrected chi connectivity index (χ2v) is 6.44. The summed E-state index contributed by atoms with van der Waals surface area (Å²) in [7, 11) is 0. The highest BCUT2D eigenvalue weighted by Crippen LogP contribution is 2.43. The van der Waals surface area contributed by atoms with Gasteiger partial charge in [-0.05, 0) is 58.7 Å². The van der Waals surface area contributed by atoms with E-state index >= 15 is 0 Å². The van der Waals surface area contributed by atoms with Gasteiger partial charge >= 0.3 is 0 Å². The van der Waals surface area contributed by atoms with Crippen LogP contribution in [0.1, 0.15) is 27.9 Å². The van der Waals surface area contributed by atoms with E-state index in [0.717, 1.165) is 5.56 Å². The van der Waals surface area contributed by atoms with Crippen molar-refractivity contribution >= 4 is 33.3 Å². The molecule has 1 aliphatic rings. The van der Waals surface area contributed by atoms with Gasteiger partial charge in [0.15, 0.2) is 11.4 Å². The Morgan fingerprint density at radius 2 is 1.96 bits per heavy atom. The first-order valence-corrected chi connectivity index (χ1v) is 7.74. The summed E-state index contributed by atoms with van der Waals surface area (Å²) in [4.78, 5) is 24.6. The predicted octanol–water partition coefficient (Wildman–Crippen LogP) is 3.31. The number of benzene rings is 2. The van der Waals surface area contributed by atoms with Crippen LogP contribution < -0.4 is 5.32 Å². The minimum absolute atomic E-state index is 0.243. The van der Waals surface area contributed by atoms with Gasteiger partial charge in [0.2, 0.25) is 0 Å². The quantitative estimate of drug-likeness (QED) is 0.806. The third kappa shape index (κ3) is 2.68. The number of nitrogens with one attached hydrogen (secondary N) is 1. The number of anilines is 1. The fraction of sp³-hybridized carbons (Fsp3) is 0.176. The molecule has 118 valence electrons. The number of aryl methyl sites for hydroxylation is 1. The van der Waals surface area contributed by atoms with E-state index < -0.39 is 29.5 Å². The molecule has 2 aromatic carbocycles. The van der Waals surface area contributed by atoms with Gasteiger partial charge in [-0.1, -0.05) is 6.07 Å². The molecule has 3 rings (SSSR count). The highest BCUT2D eigenvalue weighted by Gasteiger charge is 2.47. The molecule has 6 heteroatoms. The summed E-state index contributed by atoms with van der Waals surface area (Å²) >= 11 is 3.34. The van der Waals surface area contributed by atoms with Crippen molar-refractivity contribution < 1.29 is 19.1 Å². The largest absolute Gasteiger partial charge is 0.375 e. The lowest BCUT2D eigenvalue weighted by atomic mass is 9.87. The average Bonchev–Trinajstić information content (AvgIpc) is 2.73. The summed E-state index contributed by atoms with van der Waals surface area (Å²) < 4.78 is 13.6. The molecule has 4 nitrogen and oxygen atoms in total. The molecule has 0 spiro atoms. The maximum Gasteiger partial charge on any atom is 0.261 e. The molecule has 2 aromatic rings. The van der Waals surface area contributed by atoms with Crippen molar-refractivity contribution in [3.63, 3.8) is 0 Å². The topological polar surface area (TPSA) is 66.4 Å². The molecule has 0 saturated carbocycles. The number of Topliss-reactive ketones (excluding diaryl/α,β-unsaturated/α-hetero) is 1. The van der Waals surface area contributed by atoms with Gasteiger partial charge in [0.1, 0.15) is 5.82 Å². The monoisotopic (exact) mass is 377 g/mol. The van der Waals surface area contributed by atoms with E-state index in [1.165, 1.54) is 24.3 Å². The Morgan fingerprint density at radius 3 is 2.61 bits per heavy atom. The molecule has 23 heavy (non-hydrogen) atoms. The van der Waals surface area contributed by atoms with E-state index in [9.17, 15) is 19.1 Å². The number of hydrogen-bond acceptors (Lipinski definition) is 3. The number of carbonyl (C=O) groups excluding carboxylic acids is 2. The lowest BCUT2D eigenvalue weighted by molar-refractivity contribution is -0.133. The number of ketones is 1. The van der Waals surface area contributed by atoms with Crippen molar-refractivity contribution in [2.24, 2.45) is 0 Å². The van der Waals surface area contributed by atoms with E-state index in [2.05, 4.69) is 21.2 Å². The maximum atomic E-state index is 12.9. The highest BCUT2D eigenvalue weighted by molar-refractivity contribution is 9.10. The lowest BCUT2D eigenvalue weighted by Crippen LogP contribution is -2.36. The second-order valence-electron chi connectivity index (χ2n) is 5.59. The standard InChI is InChI=1S/C17H13BrFNO3/c1-9-6-12-15(13(18)7-9)20-16(22)17(12,23)8-14(21)10-2-4-11(19)5-3-10/h2-7,23H,8H2,1H3,(H,20,22)/t17-/m1/s1. The Morgan fingerprint density at radius 1 is 1.30 bits per heavy atom. The average molecular weight is 378 g/mol. The summed E-state index contributed by atoms with van der Waals surface area (Å²) in [6.45, 7) is 1.83. The summed E-state index contributed by atoms with van der Waals surface area (Å²) in [6.07, 6.45) is -0.409. The van der Waals surface area contributed by atoms with Crippen LogP contribution in [0.25, 0.3) is 0 Å². The van der Waals surface area contributed by atoms with Crippen LogP contribution in [0, 0.1) is 12.7 Å². The van der Waals surface area contributed by atoms with Crippen molar-refractivity contribution in [2.45, 2.75) is 18.9 Å². The summed E-state index contributed by atoms with van der Waals surface area (Å²) in [6, 6.07) is 8.49. The normalized spacial score (nSPS) is 19.4. The molecule has 0 bridgehead atoms. The van der Waals surface area contributed by atoms with Crippen molar-refractivity contribution in [3.05, 3.63) is 63.4 Å². The van der Waals surface area contributed by atoms with E-state index in [-0.39, 0.29) is 5.56 Å². The van der Waals surface area contributed by atoms with E-state index in [0.29, 0.717) is 15.7 Å². The predicted molar refractivity (Wildman–Crippen MR) is 86.8 cm³/mol. The lowest BCUT2D eigenvalue weighted by Gasteiger charge is -2.20. The fourth-order valence-electron chi connectivity index (χ4n) is 2.68. The summed E-state index contributed by atoms with van der Waals surface area (Å²) in [5.74, 6) is -1.54. The Balaban J connectivity index is 1.98. The molecule has 1 amide bonds. The number of hydrogen-bond donors (Lipinski definition) is 2. The SMILES string of the molecule is Cc1cc(Br)c2c(c1)[C@](O)(CC(=O)c1ccc(F)cc1)C(=O)N2. The molecule has 1 heterocycles. The molecule has 0 saturated heterocycles. The zero-order valence-electron chi connectivity index (χ0n) is 12.2. The Bertz CT molecular complexity index is 819. The third-order valence-electron chi connectivity index (χ3n) is 3.88. The number of carbonyl (C=O) groups is 2.